The zero-order valence-corrected chi connectivity index (χ0v) is 20.4. The molecular weight excluding hydrogens is 456 g/mol. The zero-order chi connectivity index (χ0) is 24.7. The fourth-order valence-electron chi connectivity index (χ4n) is 3.07. The number of hydrogen-bond donors (Lipinski definition) is 1. The van der Waals surface area contributed by atoms with E-state index in [0.717, 1.165) is 11.3 Å². The summed E-state index contributed by atoms with van der Waals surface area (Å²) in [6.07, 6.45) is 2.75. The highest BCUT2D eigenvalue weighted by Gasteiger charge is 2.13. The Bertz CT molecular complexity index is 1190. The molecule has 0 spiro atoms. The maximum absolute atomic E-state index is 12.2. The van der Waals surface area contributed by atoms with Crippen LogP contribution >= 0.6 is 11.3 Å². The molecule has 1 heterocycles. The summed E-state index contributed by atoms with van der Waals surface area (Å²) in [5.74, 6) is 0.217. The van der Waals surface area contributed by atoms with Crippen molar-refractivity contribution in [3.05, 3.63) is 58.5 Å². The first-order valence-corrected chi connectivity index (χ1v) is 11.2. The lowest BCUT2D eigenvalue weighted by atomic mass is 10.1. The average Bonchev–Trinajstić information content (AvgIpc) is 3.30. The first-order valence-electron chi connectivity index (χ1n) is 10.3. The second-order valence-electron chi connectivity index (χ2n) is 7.28. The van der Waals surface area contributed by atoms with Crippen molar-refractivity contribution in [2.75, 3.05) is 33.3 Å². The number of nitrogens with zero attached hydrogens (tertiary/aromatic N) is 1. The summed E-state index contributed by atoms with van der Waals surface area (Å²) in [5, 5.41) is 4.95. The van der Waals surface area contributed by atoms with Gasteiger partial charge in [0.1, 0.15) is 0 Å². The first kappa shape index (κ1) is 24.8. The third-order valence-corrected chi connectivity index (χ3v) is 5.76. The fourth-order valence-corrected chi connectivity index (χ4v) is 3.80. The molecule has 0 aliphatic heterocycles. The lowest BCUT2D eigenvalue weighted by Gasteiger charge is -2.12. The third-order valence-electron chi connectivity index (χ3n) is 5.00. The number of benzene rings is 2. The molecule has 0 bridgehead atoms. The van der Waals surface area contributed by atoms with E-state index >= 15 is 0 Å². The average molecular weight is 483 g/mol. The minimum absolute atomic E-state index is 0.433. The SMILES string of the molecule is COc1cc(/C=C/C(=O)OCC(=O)Nc2nc(-c3ccc(C)c(C)c3)cs2)cc(OC)c1OC. The van der Waals surface area contributed by atoms with Crippen LogP contribution in [0.15, 0.2) is 41.8 Å². The van der Waals surface area contributed by atoms with Crippen molar-refractivity contribution in [2.24, 2.45) is 0 Å². The molecule has 9 heteroatoms. The largest absolute Gasteiger partial charge is 0.493 e. The predicted molar refractivity (Wildman–Crippen MR) is 132 cm³/mol. The van der Waals surface area contributed by atoms with Crippen LogP contribution in [-0.2, 0) is 14.3 Å². The van der Waals surface area contributed by atoms with Crippen molar-refractivity contribution >= 4 is 34.4 Å². The minimum Gasteiger partial charge on any atom is -0.493 e. The second-order valence-corrected chi connectivity index (χ2v) is 8.14. The Labute approximate surface area is 202 Å². The standard InChI is InChI=1S/C25H26N2O6S/c1-15-6-8-18(10-16(15)2)19-14-34-25(26-19)27-22(28)13-33-23(29)9-7-17-11-20(30-3)24(32-5)21(12-17)31-4/h6-12,14H,13H2,1-5H3,(H,26,27,28)/b9-7+. The summed E-state index contributed by atoms with van der Waals surface area (Å²) in [5.41, 5.74) is 4.76. The monoisotopic (exact) mass is 482 g/mol. The molecule has 2 aromatic carbocycles. The third kappa shape index (κ3) is 6.14. The van der Waals surface area contributed by atoms with Gasteiger partial charge in [0.15, 0.2) is 23.2 Å². The zero-order valence-electron chi connectivity index (χ0n) is 19.6. The topological polar surface area (TPSA) is 96.0 Å². The number of hydrogen-bond acceptors (Lipinski definition) is 8. The molecule has 0 saturated carbocycles. The minimum atomic E-state index is -0.668. The predicted octanol–water partition coefficient (Wildman–Crippen LogP) is 4.65. The number of amides is 1. The molecule has 1 amide bonds. The molecule has 0 atom stereocenters. The van der Waals surface area contributed by atoms with E-state index in [2.05, 4.69) is 16.4 Å². The van der Waals surface area contributed by atoms with E-state index in [4.69, 9.17) is 18.9 Å². The van der Waals surface area contributed by atoms with Crippen molar-refractivity contribution < 1.29 is 28.5 Å². The highest BCUT2D eigenvalue weighted by Crippen LogP contribution is 2.38. The molecule has 34 heavy (non-hydrogen) atoms. The van der Waals surface area contributed by atoms with Gasteiger partial charge < -0.3 is 18.9 Å². The summed E-state index contributed by atoms with van der Waals surface area (Å²) < 4.78 is 20.9. The van der Waals surface area contributed by atoms with Crippen LogP contribution in [0.5, 0.6) is 17.2 Å². The van der Waals surface area contributed by atoms with E-state index in [1.165, 1.54) is 55.9 Å². The van der Waals surface area contributed by atoms with Crippen LogP contribution in [0, 0.1) is 13.8 Å². The van der Waals surface area contributed by atoms with Crippen molar-refractivity contribution in [3.63, 3.8) is 0 Å². The molecule has 3 aromatic rings. The van der Waals surface area contributed by atoms with E-state index in [9.17, 15) is 9.59 Å². The number of carbonyl (C=O) groups excluding carboxylic acids is 2. The molecule has 0 fully saturated rings. The lowest BCUT2D eigenvalue weighted by Crippen LogP contribution is -2.20. The van der Waals surface area contributed by atoms with Crippen molar-refractivity contribution in [3.8, 4) is 28.5 Å². The Kier molecular flexibility index (Phi) is 8.26. The summed E-state index contributed by atoms with van der Waals surface area (Å²) in [7, 11) is 4.52. The Balaban J connectivity index is 1.55. The maximum Gasteiger partial charge on any atom is 0.331 e. The number of nitrogens with one attached hydrogen (secondary N) is 1. The molecule has 1 N–H and O–H groups in total. The van der Waals surface area contributed by atoms with Crippen LogP contribution in [0.2, 0.25) is 0 Å². The number of rotatable bonds is 9. The van der Waals surface area contributed by atoms with Gasteiger partial charge in [-0.1, -0.05) is 12.1 Å². The number of ether oxygens (including phenoxy) is 4. The van der Waals surface area contributed by atoms with Crippen LogP contribution in [0.25, 0.3) is 17.3 Å². The summed E-state index contributed by atoms with van der Waals surface area (Å²) in [6, 6.07) is 9.46. The quantitative estimate of drug-likeness (QED) is 0.350. The van der Waals surface area contributed by atoms with Crippen LogP contribution < -0.4 is 19.5 Å². The smallest absolute Gasteiger partial charge is 0.331 e. The Morgan fingerprint density at radius 1 is 1.00 bits per heavy atom. The van der Waals surface area contributed by atoms with E-state index in [0.29, 0.717) is 27.9 Å². The molecule has 0 saturated heterocycles. The van der Waals surface area contributed by atoms with Crippen LogP contribution in [0.4, 0.5) is 5.13 Å². The summed E-state index contributed by atoms with van der Waals surface area (Å²) >= 11 is 1.30. The Hall–Kier alpha value is -3.85. The van der Waals surface area contributed by atoms with Gasteiger partial charge in [-0.2, -0.15) is 0 Å². The number of thiazole rings is 1. The van der Waals surface area contributed by atoms with Gasteiger partial charge in [-0.15, -0.1) is 11.3 Å². The van der Waals surface area contributed by atoms with Gasteiger partial charge in [0, 0.05) is 17.0 Å². The van der Waals surface area contributed by atoms with E-state index in [1.807, 2.05) is 31.4 Å². The Morgan fingerprint density at radius 2 is 1.71 bits per heavy atom. The number of aryl methyl sites for hydroxylation is 2. The second kappa shape index (κ2) is 11.3. The van der Waals surface area contributed by atoms with Crippen LogP contribution in [0.1, 0.15) is 16.7 Å². The molecule has 0 radical (unpaired) electrons. The van der Waals surface area contributed by atoms with Gasteiger partial charge in [0.25, 0.3) is 5.91 Å². The van der Waals surface area contributed by atoms with Gasteiger partial charge in [0.05, 0.1) is 27.0 Å². The number of methoxy groups -OCH3 is 3. The van der Waals surface area contributed by atoms with Crippen molar-refractivity contribution in [1.82, 2.24) is 4.98 Å². The van der Waals surface area contributed by atoms with Crippen molar-refractivity contribution in [2.45, 2.75) is 13.8 Å². The van der Waals surface area contributed by atoms with E-state index < -0.39 is 18.5 Å². The fraction of sp³-hybridized carbons (Fsp3) is 0.240. The highest BCUT2D eigenvalue weighted by atomic mass is 32.1. The number of aromatic nitrogens is 1. The Morgan fingerprint density at radius 3 is 2.32 bits per heavy atom. The molecule has 0 unspecified atom stereocenters. The highest BCUT2D eigenvalue weighted by molar-refractivity contribution is 7.14. The van der Waals surface area contributed by atoms with Gasteiger partial charge in [0.2, 0.25) is 5.75 Å². The van der Waals surface area contributed by atoms with Gasteiger partial charge >= 0.3 is 5.97 Å². The molecule has 0 aliphatic carbocycles. The van der Waals surface area contributed by atoms with Gasteiger partial charge in [-0.3, -0.25) is 10.1 Å². The number of anilines is 1. The number of esters is 1. The molecular formula is C25H26N2O6S. The van der Waals surface area contributed by atoms with Crippen LogP contribution in [-0.4, -0.2) is 44.8 Å². The summed E-state index contributed by atoms with van der Waals surface area (Å²) in [6.45, 7) is 3.66. The summed E-state index contributed by atoms with van der Waals surface area (Å²) in [4.78, 5) is 28.7. The molecule has 3 rings (SSSR count). The molecule has 1 aromatic heterocycles. The molecule has 8 nitrogen and oxygen atoms in total. The van der Waals surface area contributed by atoms with E-state index in [1.54, 1.807) is 12.1 Å². The maximum atomic E-state index is 12.2. The van der Waals surface area contributed by atoms with Crippen molar-refractivity contribution in [1.29, 1.82) is 0 Å². The van der Waals surface area contributed by atoms with E-state index in [-0.39, 0.29) is 0 Å². The normalized spacial score (nSPS) is 10.7. The van der Waals surface area contributed by atoms with Gasteiger partial charge in [-0.25, -0.2) is 9.78 Å². The first-order chi connectivity index (χ1) is 16.3. The number of carbonyl (C=O) groups is 2. The molecule has 178 valence electrons. The molecule has 0 aliphatic rings. The van der Waals surface area contributed by atoms with Crippen LogP contribution in [0.3, 0.4) is 0 Å². The van der Waals surface area contributed by atoms with Gasteiger partial charge in [-0.05, 0) is 54.8 Å². The lowest BCUT2D eigenvalue weighted by molar-refractivity contribution is -0.142.